The van der Waals surface area contributed by atoms with Crippen molar-refractivity contribution in [3.8, 4) is 0 Å². The monoisotopic (exact) mass is 190 g/mol. The van der Waals surface area contributed by atoms with Gasteiger partial charge in [-0.25, -0.2) is 0 Å². The van der Waals surface area contributed by atoms with E-state index in [2.05, 4.69) is 11.5 Å². The maximum absolute atomic E-state index is 9.18. The largest absolute Gasteiger partial charge is 0.398 e. The Kier molecular flexibility index (Phi) is 2.17. The third-order valence-electron chi connectivity index (χ3n) is 2.54. The number of nitrogens with two attached hydrogens (primary N) is 1. The van der Waals surface area contributed by atoms with Crippen LogP contribution in [0.4, 0.5) is 5.69 Å². The van der Waals surface area contributed by atoms with E-state index in [1.165, 1.54) is 0 Å². The van der Waals surface area contributed by atoms with Crippen molar-refractivity contribution in [1.82, 2.24) is 4.57 Å². The van der Waals surface area contributed by atoms with Crippen molar-refractivity contribution in [2.24, 2.45) is 0 Å². The van der Waals surface area contributed by atoms with Gasteiger partial charge >= 0.3 is 0 Å². The quantitative estimate of drug-likeness (QED) is 0.709. The first-order valence-corrected chi connectivity index (χ1v) is 4.75. The van der Waals surface area contributed by atoms with Gasteiger partial charge in [-0.3, -0.25) is 0 Å². The fraction of sp³-hybridized carbons (Fsp3) is 0.273. The van der Waals surface area contributed by atoms with Crippen LogP contribution in [-0.4, -0.2) is 9.67 Å². The molecule has 0 aliphatic heterocycles. The van der Waals surface area contributed by atoms with E-state index in [1.807, 2.05) is 24.3 Å². The first kappa shape index (κ1) is 9.09. The molecular formula is C11H14N2O. The number of aliphatic hydroxyl groups is 1. The Morgan fingerprint density at radius 1 is 1.43 bits per heavy atom. The molecule has 0 atom stereocenters. The summed E-state index contributed by atoms with van der Waals surface area (Å²) < 4.78 is 2.08. The highest BCUT2D eigenvalue weighted by Gasteiger charge is 2.07. The highest BCUT2D eigenvalue weighted by atomic mass is 16.3. The SMILES string of the molecule is CCn1c(CO)cc2c(N)cccc21. The number of hydrogen-bond acceptors (Lipinski definition) is 2. The highest BCUT2D eigenvalue weighted by Crippen LogP contribution is 2.24. The second-order valence-electron chi connectivity index (χ2n) is 3.32. The molecular weight excluding hydrogens is 176 g/mol. The number of anilines is 1. The second-order valence-corrected chi connectivity index (χ2v) is 3.32. The van der Waals surface area contributed by atoms with Gasteiger partial charge in [0, 0.05) is 23.3 Å². The molecule has 3 heteroatoms. The molecule has 14 heavy (non-hydrogen) atoms. The normalized spacial score (nSPS) is 11.0. The van der Waals surface area contributed by atoms with Gasteiger partial charge in [0.1, 0.15) is 0 Å². The number of aryl methyl sites for hydroxylation is 1. The number of hydrogen-bond donors (Lipinski definition) is 2. The molecule has 3 N–H and O–H groups in total. The molecule has 0 fully saturated rings. The summed E-state index contributed by atoms with van der Waals surface area (Å²) in [6, 6.07) is 7.79. The number of rotatable bonds is 2. The lowest BCUT2D eigenvalue weighted by molar-refractivity contribution is 0.272. The van der Waals surface area contributed by atoms with Crippen LogP contribution in [-0.2, 0) is 13.2 Å². The number of aliphatic hydroxyl groups excluding tert-OH is 1. The molecule has 0 amide bonds. The molecule has 0 spiro atoms. The minimum Gasteiger partial charge on any atom is -0.398 e. The number of fused-ring (bicyclic) bond motifs is 1. The average Bonchev–Trinajstić information content (AvgIpc) is 2.57. The predicted molar refractivity (Wildman–Crippen MR) is 57.9 cm³/mol. The summed E-state index contributed by atoms with van der Waals surface area (Å²) in [4.78, 5) is 0. The molecule has 0 unspecified atom stereocenters. The molecule has 1 aromatic carbocycles. The van der Waals surface area contributed by atoms with Crippen LogP contribution in [0.2, 0.25) is 0 Å². The van der Waals surface area contributed by atoms with Gasteiger partial charge in [0.15, 0.2) is 0 Å². The molecule has 0 saturated heterocycles. The number of aromatic nitrogens is 1. The maximum Gasteiger partial charge on any atom is 0.0833 e. The van der Waals surface area contributed by atoms with E-state index in [9.17, 15) is 5.11 Å². The highest BCUT2D eigenvalue weighted by molar-refractivity contribution is 5.92. The smallest absolute Gasteiger partial charge is 0.0833 e. The summed E-state index contributed by atoms with van der Waals surface area (Å²) in [6.07, 6.45) is 0. The zero-order valence-corrected chi connectivity index (χ0v) is 8.20. The van der Waals surface area contributed by atoms with Crippen molar-refractivity contribution in [1.29, 1.82) is 0 Å². The van der Waals surface area contributed by atoms with Crippen LogP contribution >= 0.6 is 0 Å². The molecule has 0 aliphatic rings. The van der Waals surface area contributed by atoms with Gasteiger partial charge in [0.25, 0.3) is 0 Å². The van der Waals surface area contributed by atoms with Gasteiger partial charge in [-0.05, 0) is 25.1 Å². The van der Waals surface area contributed by atoms with Crippen LogP contribution in [0.3, 0.4) is 0 Å². The van der Waals surface area contributed by atoms with Gasteiger partial charge in [-0.15, -0.1) is 0 Å². The van der Waals surface area contributed by atoms with Gasteiger partial charge < -0.3 is 15.4 Å². The number of nitrogen functional groups attached to an aromatic ring is 1. The van der Waals surface area contributed by atoms with E-state index in [1.54, 1.807) is 0 Å². The molecule has 1 aromatic heterocycles. The van der Waals surface area contributed by atoms with Crippen LogP contribution in [0.25, 0.3) is 10.9 Å². The molecule has 2 aromatic rings. The van der Waals surface area contributed by atoms with Crippen molar-refractivity contribution < 1.29 is 5.11 Å². The van der Waals surface area contributed by atoms with E-state index in [0.717, 1.165) is 28.8 Å². The summed E-state index contributed by atoms with van der Waals surface area (Å²) in [6.45, 7) is 2.96. The molecule has 0 bridgehead atoms. The van der Waals surface area contributed by atoms with Gasteiger partial charge in [-0.2, -0.15) is 0 Å². The van der Waals surface area contributed by atoms with E-state index in [-0.39, 0.29) is 6.61 Å². The first-order valence-electron chi connectivity index (χ1n) is 4.75. The molecule has 3 nitrogen and oxygen atoms in total. The van der Waals surface area contributed by atoms with Crippen molar-refractivity contribution >= 4 is 16.6 Å². The lowest BCUT2D eigenvalue weighted by Crippen LogP contribution is -1.99. The Morgan fingerprint density at radius 2 is 2.21 bits per heavy atom. The van der Waals surface area contributed by atoms with Crippen molar-refractivity contribution in [3.63, 3.8) is 0 Å². The number of benzene rings is 1. The topological polar surface area (TPSA) is 51.2 Å². The lowest BCUT2D eigenvalue weighted by atomic mass is 10.2. The van der Waals surface area contributed by atoms with Crippen LogP contribution < -0.4 is 5.73 Å². The van der Waals surface area contributed by atoms with Gasteiger partial charge in [-0.1, -0.05) is 6.07 Å². The molecule has 74 valence electrons. The zero-order valence-electron chi connectivity index (χ0n) is 8.20. The fourth-order valence-electron chi connectivity index (χ4n) is 1.87. The lowest BCUT2D eigenvalue weighted by Gasteiger charge is -2.04. The third kappa shape index (κ3) is 1.17. The summed E-state index contributed by atoms with van der Waals surface area (Å²) in [5.74, 6) is 0. The first-order chi connectivity index (χ1) is 6.77. The Morgan fingerprint density at radius 3 is 2.86 bits per heavy atom. The van der Waals surface area contributed by atoms with Crippen LogP contribution in [0.15, 0.2) is 24.3 Å². The minimum atomic E-state index is 0.0575. The van der Waals surface area contributed by atoms with Crippen molar-refractivity contribution in [3.05, 3.63) is 30.0 Å². The number of nitrogens with zero attached hydrogens (tertiary/aromatic N) is 1. The fourth-order valence-corrected chi connectivity index (χ4v) is 1.87. The Labute approximate surface area is 82.8 Å². The third-order valence-corrected chi connectivity index (χ3v) is 2.54. The maximum atomic E-state index is 9.18. The van der Waals surface area contributed by atoms with E-state index < -0.39 is 0 Å². The Hall–Kier alpha value is -1.48. The van der Waals surface area contributed by atoms with Crippen LogP contribution in [0.1, 0.15) is 12.6 Å². The summed E-state index contributed by atoms with van der Waals surface area (Å²) in [5, 5.41) is 10.2. The molecule has 0 saturated carbocycles. The van der Waals surface area contributed by atoms with Gasteiger partial charge in [0.05, 0.1) is 12.1 Å². The van der Waals surface area contributed by atoms with Crippen LogP contribution in [0.5, 0.6) is 0 Å². The Bertz CT molecular complexity index is 460. The van der Waals surface area contributed by atoms with Crippen molar-refractivity contribution in [2.45, 2.75) is 20.1 Å². The standard InChI is InChI=1S/C11H14N2O/c1-2-13-8(7-14)6-9-10(12)4-3-5-11(9)13/h3-6,14H,2,7,12H2,1H3. The Balaban J connectivity index is 2.79. The zero-order chi connectivity index (χ0) is 10.1. The molecule has 0 aliphatic carbocycles. The minimum absolute atomic E-state index is 0.0575. The van der Waals surface area contributed by atoms with Crippen LogP contribution in [0, 0.1) is 0 Å². The molecule has 2 rings (SSSR count). The summed E-state index contributed by atoms with van der Waals surface area (Å²) in [5.41, 5.74) is 8.63. The molecule has 1 heterocycles. The van der Waals surface area contributed by atoms with Gasteiger partial charge in [0.2, 0.25) is 0 Å². The van der Waals surface area contributed by atoms with E-state index in [0.29, 0.717) is 0 Å². The van der Waals surface area contributed by atoms with E-state index in [4.69, 9.17) is 5.73 Å². The van der Waals surface area contributed by atoms with Crippen molar-refractivity contribution in [2.75, 3.05) is 5.73 Å². The van der Waals surface area contributed by atoms with E-state index >= 15 is 0 Å². The summed E-state index contributed by atoms with van der Waals surface area (Å²) >= 11 is 0. The average molecular weight is 190 g/mol. The molecule has 0 radical (unpaired) electrons. The predicted octanol–water partition coefficient (Wildman–Crippen LogP) is 1.74. The summed E-state index contributed by atoms with van der Waals surface area (Å²) in [7, 11) is 0. The second kappa shape index (κ2) is 3.35.